The lowest BCUT2D eigenvalue weighted by Gasteiger charge is -2.23. The van der Waals surface area contributed by atoms with Crippen LogP contribution < -0.4 is 4.90 Å². The van der Waals surface area contributed by atoms with Crippen LogP contribution in [0.5, 0.6) is 0 Å². The lowest BCUT2D eigenvalue weighted by Crippen LogP contribution is -2.26. The Kier molecular flexibility index (Phi) is 5.75. The molecule has 2 nitrogen and oxygen atoms in total. The Balaban J connectivity index is 1.67. The molecule has 2 heterocycles. The van der Waals surface area contributed by atoms with E-state index in [0.29, 0.717) is 0 Å². The average molecular weight is 426 g/mol. The van der Waals surface area contributed by atoms with Gasteiger partial charge in [-0.05, 0) is 43.5 Å². The fourth-order valence-electron chi connectivity index (χ4n) is 5.49. The van der Waals surface area contributed by atoms with E-state index in [2.05, 4.69) is 131 Å². The lowest BCUT2D eigenvalue weighted by atomic mass is 9.81. The molecule has 2 aliphatic heterocycles. The number of para-hydroxylation sites is 2. The highest BCUT2D eigenvalue weighted by Crippen LogP contribution is 2.46. The molecule has 0 aromatic heterocycles. The van der Waals surface area contributed by atoms with Gasteiger partial charge in [0.25, 0.3) is 0 Å². The second-order valence-electron chi connectivity index (χ2n) is 10.2. The Morgan fingerprint density at radius 1 is 0.938 bits per heavy atom. The van der Waals surface area contributed by atoms with Gasteiger partial charge in [-0.2, -0.15) is 4.58 Å². The highest BCUT2D eigenvalue weighted by molar-refractivity contribution is 6.03. The average Bonchev–Trinajstić information content (AvgIpc) is 3.09. The minimum atomic E-state index is 0.00688. The second kappa shape index (κ2) is 8.24. The van der Waals surface area contributed by atoms with E-state index < -0.39 is 0 Å². The van der Waals surface area contributed by atoms with Gasteiger partial charge in [0.15, 0.2) is 5.71 Å². The number of hydrogen-bond acceptors (Lipinski definition) is 1. The first-order valence-corrected chi connectivity index (χ1v) is 11.8. The minimum Gasteiger partial charge on any atom is -0.347 e. The lowest BCUT2D eigenvalue weighted by molar-refractivity contribution is -0.401. The molecule has 2 aliphatic rings. The van der Waals surface area contributed by atoms with Crippen molar-refractivity contribution in [3.05, 3.63) is 95.2 Å². The van der Waals surface area contributed by atoms with Crippen LogP contribution >= 0.6 is 0 Å². The third-order valence-corrected chi connectivity index (χ3v) is 7.33. The van der Waals surface area contributed by atoms with Gasteiger partial charge in [0.05, 0.1) is 5.41 Å². The molecule has 0 radical (unpaired) electrons. The predicted molar refractivity (Wildman–Crippen MR) is 138 cm³/mol. The summed E-state index contributed by atoms with van der Waals surface area (Å²) < 4.78 is 2.35. The molecule has 0 amide bonds. The first kappa shape index (κ1) is 22.3. The topological polar surface area (TPSA) is 6.25 Å². The highest BCUT2D eigenvalue weighted by atomic mass is 15.2. The van der Waals surface area contributed by atoms with Gasteiger partial charge in [-0.25, -0.2) is 0 Å². The Hall–Kier alpha value is -2.87. The largest absolute Gasteiger partial charge is 0.347 e. The Bertz CT molecular complexity index is 1150. The zero-order valence-electron chi connectivity index (χ0n) is 20.7. The maximum atomic E-state index is 2.35. The monoisotopic (exact) mass is 425 g/mol. The number of allylic oxidation sites excluding steroid dienone is 6. The highest BCUT2D eigenvalue weighted by Gasteiger charge is 2.42. The van der Waals surface area contributed by atoms with Crippen molar-refractivity contribution in [3.63, 3.8) is 0 Å². The molecule has 0 atom stereocenters. The first-order chi connectivity index (χ1) is 15.2. The van der Waals surface area contributed by atoms with Gasteiger partial charge < -0.3 is 4.90 Å². The van der Waals surface area contributed by atoms with Gasteiger partial charge in [0.2, 0.25) is 5.69 Å². The summed E-state index contributed by atoms with van der Waals surface area (Å²) in [6.45, 7) is 11.6. The van der Waals surface area contributed by atoms with Crippen molar-refractivity contribution in [3.8, 4) is 0 Å². The second-order valence-corrected chi connectivity index (χ2v) is 10.2. The summed E-state index contributed by atoms with van der Waals surface area (Å²) in [6, 6.07) is 17.5. The summed E-state index contributed by atoms with van der Waals surface area (Å²) in [5.74, 6) is 0. The molecule has 0 fully saturated rings. The normalized spacial score (nSPS) is 20.4. The van der Waals surface area contributed by atoms with Crippen LogP contribution in [0.3, 0.4) is 0 Å². The summed E-state index contributed by atoms with van der Waals surface area (Å²) in [7, 11) is 4.37. The molecule has 0 aliphatic carbocycles. The van der Waals surface area contributed by atoms with E-state index in [9.17, 15) is 0 Å². The summed E-state index contributed by atoms with van der Waals surface area (Å²) in [5.41, 5.74) is 9.50. The fraction of sp³-hybridized carbons (Fsp3) is 0.367. The smallest absolute Gasteiger partial charge is 0.209 e. The summed E-state index contributed by atoms with van der Waals surface area (Å²) in [6.07, 6.45) is 11.5. The van der Waals surface area contributed by atoms with E-state index in [1.165, 1.54) is 39.5 Å². The van der Waals surface area contributed by atoms with Crippen molar-refractivity contribution >= 4 is 17.1 Å². The molecule has 0 N–H and O–H groups in total. The summed E-state index contributed by atoms with van der Waals surface area (Å²) >= 11 is 0. The van der Waals surface area contributed by atoms with Crippen molar-refractivity contribution in [2.24, 2.45) is 0 Å². The number of anilines is 1. The zero-order chi connectivity index (χ0) is 23.1. The van der Waals surface area contributed by atoms with E-state index >= 15 is 0 Å². The Morgan fingerprint density at radius 2 is 1.59 bits per heavy atom. The van der Waals surface area contributed by atoms with Gasteiger partial charge in [0.1, 0.15) is 7.05 Å². The molecule has 166 valence electrons. The predicted octanol–water partition coefficient (Wildman–Crippen LogP) is 7.29. The maximum absolute atomic E-state index is 2.35. The molecular formula is C30H37N2+. The van der Waals surface area contributed by atoms with Crippen molar-refractivity contribution in [1.82, 2.24) is 0 Å². The molecule has 0 unspecified atom stereocenters. The van der Waals surface area contributed by atoms with Crippen molar-refractivity contribution in [2.75, 3.05) is 19.0 Å². The molecule has 32 heavy (non-hydrogen) atoms. The minimum absolute atomic E-state index is 0.00688. The molecule has 4 rings (SSSR count). The van der Waals surface area contributed by atoms with Gasteiger partial charge in [-0.3, -0.25) is 0 Å². The Labute approximate surface area is 194 Å². The number of nitrogens with zero attached hydrogens (tertiary/aromatic N) is 2. The number of likely N-dealkylation sites (N-methyl/N-ethyl adjacent to an activating group) is 1. The van der Waals surface area contributed by atoms with Gasteiger partial charge in [0, 0.05) is 41.6 Å². The SMILES string of the molecule is CCCC(/C=C/C1=[N+](C)c2ccccc2C1(C)C)=C\C=C1/N(C)c2ccccc2C1(C)C. The van der Waals surface area contributed by atoms with Gasteiger partial charge in [-0.15, -0.1) is 0 Å². The van der Waals surface area contributed by atoms with Crippen molar-refractivity contribution < 1.29 is 4.58 Å². The number of rotatable bonds is 5. The Morgan fingerprint density at radius 3 is 2.25 bits per heavy atom. The maximum Gasteiger partial charge on any atom is 0.209 e. The standard InChI is InChI=1S/C30H37N2/c1-8-13-22(18-20-27-29(2,3)23-14-9-11-16-25(23)31(27)6)19-21-28-30(4,5)24-15-10-12-17-26(24)32(28)7/h9-12,14-21H,8,13H2,1-7H3/q+1. The van der Waals surface area contributed by atoms with Crippen LogP contribution in [0.2, 0.25) is 0 Å². The molecule has 0 spiro atoms. The third-order valence-electron chi connectivity index (χ3n) is 7.33. The van der Waals surface area contributed by atoms with Crippen molar-refractivity contribution in [1.29, 1.82) is 0 Å². The third kappa shape index (κ3) is 3.56. The van der Waals surface area contributed by atoms with Crippen LogP contribution in [0.4, 0.5) is 11.4 Å². The number of benzene rings is 2. The van der Waals surface area contributed by atoms with Crippen molar-refractivity contribution in [2.45, 2.75) is 58.3 Å². The molecule has 0 saturated carbocycles. The van der Waals surface area contributed by atoms with Crippen LogP contribution in [0, 0.1) is 0 Å². The first-order valence-electron chi connectivity index (χ1n) is 11.8. The van der Waals surface area contributed by atoms with Gasteiger partial charge >= 0.3 is 0 Å². The van der Waals surface area contributed by atoms with E-state index in [-0.39, 0.29) is 10.8 Å². The van der Waals surface area contributed by atoms with Crippen LogP contribution in [0.1, 0.15) is 58.6 Å². The van der Waals surface area contributed by atoms with Crippen LogP contribution in [-0.4, -0.2) is 24.4 Å². The molecular weight excluding hydrogens is 388 g/mol. The van der Waals surface area contributed by atoms with Crippen LogP contribution in [0.25, 0.3) is 0 Å². The molecule has 2 aromatic rings. The van der Waals surface area contributed by atoms with Crippen LogP contribution in [-0.2, 0) is 10.8 Å². The van der Waals surface area contributed by atoms with E-state index in [1.807, 2.05) is 0 Å². The fourth-order valence-corrected chi connectivity index (χ4v) is 5.49. The summed E-state index contributed by atoms with van der Waals surface area (Å²) in [4.78, 5) is 2.35. The zero-order valence-corrected chi connectivity index (χ0v) is 20.7. The van der Waals surface area contributed by atoms with Gasteiger partial charge in [-0.1, -0.05) is 75.7 Å². The summed E-state index contributed by atoms with van der Waals surface area (Å²) in [5, 5.41) is 0. The molecule has 0 saturated heterocycles. The number of fused-ring (bicyclic) bond motifs is 2. The van der Waals surface area contributed by atoms with Crippen LogP contribution in [0.15, 0.2) is 84.1 Å². The number of hydrogen-bond donors (Lipinski definition) is 0. The quantitative estimate of drug-likeness (QED) is 0.360. The van der Waals surface area contributed by atoms with E-state index in [0.717, 1.165) is 12.8 Å². The molecule has 2 aromatic carbocycles. The van der Waals surface area contributed by atoms with E-state index in [1.54, 1.807) is 0 Å². The molecule has 0 bridgehead atoms. The molecule has 2 heteroatoms. The van der Waals surface area contributed by atoms with E-state index in [4.69, 9.17) is 0 Å².